The van der Waals surface area contributed by atoms with Crippen molar-refractivity contribution in [3.63, 3.8) is 0 Å². The minimum Gasteiger partial charge on any atom is -0.334 e. The van der Waals surface area contributed by atoms with Gasteiger partial charge >= 0.3 is 6.03 Å². The zero-order valence-corrected chi connectivity index (χ0v) is 9.22. The van der Waals surface area contributed by atoms with Gasteiger partial charge in [0.05, 0.1) is 0 Å². The molecule has 0 aliphatic carbocycles. The van der Waals surface area contributed by atoms with Gasteiger partial charge in [0.15, 0.2) is 0 Å². The molecule has 0 bridgehead atoms. The molecular weight excluding hydrogens is 208 g/mol. The maximum absolute atomic E-state index is 11.5. The highest BCUT2D eigenvalue weighted by Gasteiger charge is 2.17. The first-order valence-corrected chi connectivity index (χ1v) is 6.20. The number of anilines is 1. The fourth-order valence-corrected chi connectivity index (χ4v) is 2.67. The van der Waals surface area contributed by atoms with Gasteiger partial charge in [-0.3, -0.25) is 0 Å². The lowest BCUT2D eigenvalue weighted by Crippen LogP contribution is -2.37. The molecule has 0 radical (unpaired) electrons. The molecule has 0 spiro atoms. The second-order valence-electron chi connectivity index (χ2n) is 3.53. The van der Waals surface area contributed by atoms with E-state index in [0.717, 1.165) is 23.6 Å². The normalized spacial score (nSPS) is 19.9. The lowest BCUT2D eigenvalue weighted by molar-refractivity contribution is 0.249. The number of carbonyl (C=O) groups is 1. The zero-order chi connectivity index (χ0) is 10.5. The molecule has 2 amide bonds. The van der Waals surface area contributed by atoms with E-state index in [1.165, 1.54) is 0 Å². The number of hydrogen-bond donors (Lipinski definition) is 2. The molecule has 15 heavy (non-hydrogen) atoms. The first kappa shape index (κ1) is 10.4. The van der Waals surface area contributed by atoms with Crippen molar-refractivity contribution in [1.82, 2.24) is 5.32 Å². The number of carbonyl (C=O) groups excluding carboxylic acids is 1. The average molecular weight is 222 g/mol. The number of hydrogen-bond acceptors (Lipinski definition) is 2. The summed E-state index contributed by atoms with van der Waals surface area (Å²) in [5, 5.41) is 5.77. The number of para-hydroxylation sites is 1. The first-order valence-electron chi connectivity index (χ1n) is 5.05. The number of rotatable bonds is 2. The van der Waals surface area contributed by atoms with Crippen LogP contribution in [0.25, 0.3) is 0 Å². The number of nitrogens with one attached hydrogen (secondary N) is 2. The van der Waals surface area contributed by atoms with E-state index in [-0.39, 0.29) is 6.03 Å². The van der Waals surface area contributed by atoms with Crippen LogP contribution in [-0.4, -0.2) is 23.6 Å². The summed E-state index contributed by atoms with van der Waals surface area (Å²) in [6.45, 7) is 0. The second kappa shape index (κ2) is 5.07. The van der Waals surface area contributed by atoms with Crippen LogP contribution in [0.5, 0.6) is 0 Å². The van der Waals surface area contributed by atoms with E-state index in [4.69, 9.17) is 0 Å². The number of thioether (sulfide) groups is 1. The number of benzene rings is 1. The van der Waals surface area contributed by atoms with Crippen LogP contribution in [-0.2, 0) is 0 Å². The molecule has 1 aromatic rings. The van der Waals surface area contributed by atoms with Crippen LogP contribution in [0.1, 0.15) is 6.42 Å². The highest BCUT2D eigenvalue weighted by atomic mass is 32.2. The van der Waals surface area contributed by atoms with E-state index in [9.17, 15) is 4.79 Å². The smallest absolute Gasteiger partial charge is 0.319 e. The van der Waals surface area contributed by atoms with Gasteiger partial charge in [0.2, 0.25) is 0 Å². The summed E-state index contributed by atoms with van der Waals surface area (Å²) in [6, 6.07) is 9.72. The van der Waals surface area contributed by atoms with Crippen LogP contribution < -0.4 is 10.6 Å². The predicted molar refractivity (Wildman–Crippen MR) is 64.3 cm³/mol. The summed E-state index contributed by atoms with van der Waals surface area (Å²) in [5.41, 5.74) is 0.834. The molecule has 2 N–H and O–H groups in total. The van der Waals surface area contributed by atoms with Gasteiger partial charge in [-0.2, -0.15) is 11.8 Å². The Morgan fingerprint density at radius 1 is 1.33 bits per heavy atom. The Kier molecular flexibility index (Phi) is 3.50. The summed E-state index contributed by atoms with van der Waals surface area (Å²) in [4.78, 5) is 11.5. The maximum Gasteiger partial charge on any atom is 0.319 e. The number of amides is 2. The van der Waals surface area contributed by atoms with Gasteiger partial charge in [-0.25, -0.2) is 4.79 Å². The van der Waals surface area contributed by atoms with Crippen LogP contribution in [0.4, 0.5) is 10.5 Å². The van der Waals surface area contributed by atoms with Crippen molar-refractivity contribution in [2.45, 2.75) is 12.5 Å². The Hall–Kier alpha value is -1.16. The summed E-state index contributed by atoms with van der Waals surface area (Å²) >= 11 is 1.89. The maximum atomic E-state index is 11.5. The Bertz CT molecular complexity index is 323. The monoisotopic (exact) mass is 222 g/mol. The van der Waals surface area contributed by atoms with Gasteiger partial charge in [-0.15, -0.1) is 0 Å². The van der Waals surface area contributed by atoms with Crippen molar-refractivity contribution in [2.75, 3.05) is 16.8 Å². The van der Waals surface area contributed by atoms with Crippen molar-refractivity contribution in [1.29, 1.82) is 0 Å². The molecule has 0 aromatic heterocycles. The third-order valence-electron chi connectivity index (χ3n) is 2.30. The van der Waals surface area contributed by atoms with E-state index in [2.05, 4.69) is 10.6 Å². The van der Waals surface area contributed by atoms with Crippen molar-refractivity contribution in [3.8, 4) is 0 Å². The van der Waals surface area contributed by atoms with Crippen LogP contribution in [0, 0.1) is 0 Å². The van der Waals surface area contributed by atoms with Gasteiger partial charge in [0.25, 0.3) is 0 Å². The lowest BCUT2D eigenvalue weighted by atomic mass is 10.3. The summed E-state index contributed by atoms with van der Waals surface area (Å²) in [5.74, 6) is 2.18. The van der Waals surface area contributed by atoms with Gasteiger partial charge in [-0.05, 0) is 24.3 Å². The fourth-order valence-electron chi connectivity index (χ4n) is 1.52. The minimum absolute atomic E-state index is 0.103. The van der Waals surface area contributed by atoms with Crippen molar-refractivity contribution in [3.05, 3.63) is 30.3 Å². The average Bonchev–Trinajstić information content (AvgIpc) is 2.71. The molecule has 80 valence electrons. The molecule has 1 fully saturated rings. The Labute approximate surface area is 93.6 Å². The van der Waals surface area contributed by atoms with Crippen LogP contribution in [0.3, 0.4) is 0 Å². The Morgan fingerprint density at radius 3 is 2.80 bits per heavy atom. The molecule has 1 unspecified atom stereocenters. The molecule has 1 heterocycles. The molecule has 1 atom stereocenters. The molecule has 4 heteroatoms. The van der Waals surface area contributed by atoms with Gasteiger partial charge in [0.1, 0.15) is 0 Å². The largest absolute Gasteiger partial charge is 0.334 e. The van der Waals surface area contributed by atoms with E-state index < -0.39 is 0 Å². The highest BCUT2D eigenvalue weighted by molar-refractivity contribution is 7.99. The number of urea groups is 1. The molecule has 1 aromatic carbocycles. The van der Waals surface area contributed by atoms with E-state index >= 15 is 0 Å². The summed E-state index contributed by atoms with van der Waals surface area (Å²) in [7, 11) is 0. The molecule has 3 nitrogen and oxygen atoms in total. The topological polar surface area (TPSA) is 41.1 Å². The van der Waals surface area contributed by atoms with E-state index in [1.807, 2.05) is 42.1 Å². The van der Waals surface area contributed by atoms with Crippen LogP contribution in [0.2, 0.25) is 0 Å². The van der Waals surface area contributed by atoms with Crippen LogP contribution >= 0.6 is 11.8 Å². The van der Waals surface area contributed by atoms with Crippen molar-refractivity contribution >= 4 is 23.5 Å². The van der Waals surface area contributed by atoms with Gasteiger partial charge in [0, 0.05) is 17.5 Å². The molecule has 0 saturated carbocycles. The van der Waals surface area contributed by atoms with Gasteiger partial charge in [-0.1, -0.05) is 18.2 Å². The molecule has 1 aliphatic heterocycles. The van der Waals surface area contributed by atoms with Gasteiger partial charge < -0.3 is 10.6 Å². The van der Waals surface area contributed by atoms with E-state index in [1.54, 1.807) is 0 Å². The van der Waals surface area contributed by atoms with Crippen molar-refractivity contribution < 1.29 is 4.79 Å². The fraction of sp³-hybridized carbons (Fsp3) is 0.364. The summed E-state index contributed by atoms with van der Waals surface area (Å²) in [6.07, 6.45) is 1.08. The lowest BCUT2D eigenvalue weighted by Gasteiger charge is -2.12. The Balaban J connectivity index is 1.82. The van der Waals surface area contributed by atoms with Crippen LogP contribution in [0.15, 0.2) is 30.3 Å². The molecule has 1 saturated heterocycles. The first-order chi connectivity index (χ1) is 7.34. The van der Waals surface area contributed by atoms with E-state index in [0.29, 0.717) is 6.04 Å². The Morgan fingerprint density at radius 2 is 2.13 bits per heavy atom. The quantitative estimate of drug-likeness (QED) is 0.806. The third-order valence-corrected chi connectivity index (χ3v) is 3.46. The minimum atomic E-state index is -0.103. The zero-order valence-electron chi connectivity index (χ0n) is 8.40. The SMILES string of the molecule is O=C(Nc1ccccc1)NC1CCSC1. The summed E-state index contributed by atoms with van der Waals surface area (Å²) < 4.78 is 0. The molecule has 1 aliphatic rings. The second-order valence-corrected chi connectivity index (χ2v) is 4.67. The highest BCUT2D eigenvalue weighted by Crippen LogP contribution is 2.17. The standard InChI is InChI=1S/C11H14N2OS/c14-11(13-10-6-7-15-8-10)12-9-4-2-1-3-5-9/h1-5,10H,6-8H2,(H2,12,13,14). The molecule has 2 rings (SSSR count). The third kappa shape index (κ3) is 3.16. The predicted octanol–water partition coefficient (Wildman–Crippen LogP) is 2.31. The molecular formula is C11H14N2OS. The van der Waals surface area contributed by atoms with Crippen molar-refractivity contribution in [2.24, 2.45) is 0 Å².